The van der Waals surface area contributed by atoms with Gasteiger partial charge in [-0.1, -0.05) is 364 Å². The lowest BCUT2D eigenvalue weighted by molar-refractivity contribution is -0.305. The van der Waals surface area contributed by atoms with Crippen LogP contribution >= 0.6 is 0 Å². The molecule has 0 aromatic heterocycles. The first-order valence-corrected chi connectivity index (χ1v) is 39.6. The third-order valence-corrected chi connectivity index (χ3v) is 18.7. The van der Waals surface area contributed by atoms with Gasteiger partial charge in [-0.05, 0) is 70.6 Å². The molecular formula is C81H149NO10. The number of hydrogen-bond acceptors (Lipinski definition) is 10. The molecule has 0 saturated carbocycles. The van der Waals surface area contributed by atoms with Crippen LogP contribution in [-0.2, 0) is 23.8 Å². The zero-order valence-corrected chi connectivity index (χ0v) is 60.2. The van der Waals surface area contributed by atoms with Gasteiger partial charge in [-0.2, -0.15) is 0 Å². The molecule has 11 heteroatoms. The summed E-state index contributed by atoms with van der Waals surface area (Å²) >= 11 is 0. The van der Waals surface area contributed by atoms with E-state index in [9.17, 15) is 35.1 Å². The highest BCUT2D eigenvalue weighted by Gasteiger charge is 2.47. The van der Waals surface area contributed by atoms with E-state index in [1.54, 1.807) is 6.08 Å². The lowest BCUT2D eigenvalue weighted by atomic mass is 9.99. The van der Waals surface area contributed by atoms with E-state index in [2.05, 4.69) is 74.7 Å². The van der Waals surface area contributed by atoms with E-state index in [0.717, 1.165) is 83.5 Å². The van der Waals surface area contributed by atoms with Gasteiger partial charge in [0.2, 0.25) is 5.91 Å². The van der Waals surface area contributed by atoms with Crippen molar-refractivity contribution in [1.29, 1.82) is 0 Å². The minimum Gasteiger partial charge on any atom is -0.454 e. The molecule has 1 heterocycles. The maximum atomic E-state index is 13.5. The van der Waals surface area contributed by atoms with Crippen molar-refractivity contribution in [2.45, 2.75) is 429 Å². The second-order valence-electron chi connectivity index (χ2n) is 27.5. The fourth-order valence-corrected chi connectivity index (χ4v) is 12.5. The number of ether oxygens (including phenoxy) is 3. The number of nitrogens with one attached hydrogen (secondary N) is 1. The zero-order valence-electron chi connectivity index (χ0n) is 60.2. The Hall–Kier alpha value is -2.64. The van der Waals surface area contributed by atoms with E-state index in [1.165, 1.54) is 250 Å². The van der Waals surface area contributed by atoms with Crippen LogP contribution in [0, 0.1) is 0 Å². The van der Waals surface area contributed by atoms with E-state index in [-0.39, 0.29) is 13.0 Å². The Bertz CT molecular complexity index is 1730. The van der Waals surface area contributed by atoms with E-state index in [4.69, 9.17) is 14.2 Å². The van der Waals surface area contributed by atoms with E-state index in [0.29, 0.717) is 19.3 Å². The number of allylic oxidation sites excluding steroid dienone is 9. The molecule has 538 valence electrons. The van der Waals surface area contributed by atoms with E-state index >= 15 is 0 Å². The van der Waals surface area contributed by atoms with Gasteiger partial charge in [0.15, 0.2) is 12.4 Å². The minimum absolute atomic E-state index is 0.120. The number of aliphatic hydroxyl groups excluding tert-OH is 5. The summed E-state index contributed by atoms with van der Waals surface area (Å²) in [4.78, 5) is 26.8. The Labute approximate surface area is 567 Å². The quantitative estimate of drug-likeness (QED) is 0.0195. The first kappa shape index (κ1) is 87.4. The van der Waals surface area contributed by atoms with Gasteiger partial charge in [-0.3, -0.25) is 9.59 Å². The van der Waals surface area contributed by atoms with Gasteiger partial charge in [0, 0.05) is 6.42 Å². The molecule has 92 heavy (non-hydrogen) atoms. The minimum atomic E-state index is -1.62. The van der Waals surface area contributed by atoms with Crippen LogP contribution in [0.3, 0.4) is 0 Å². The lowest BCUT2D eigenvalue weighted by Gasteiger charge is -2.41. The number of rotatable bonds is 69. The summed E-state index contributed by atoms with van der Waals surface area (Å²) in [5.74, 6) is -1.18. The smallest absolute Gasteiger partial charge is 0.306 e. The van der Waals surface area contributed by atoms with Gasteiger partial charge in [0.25, 0.3) is 0 Å². The van der Waals surface area contributed by atoms with Crippen molar-refractivity contribution in [2.24, 2.45) is 0 Å². The standard InChI is InChI=1S/C81H149NO10/c1-4-7-10-13-16-19-22-25-27-29-31-33-35-37-38-39-41-43-45-47-49-51-54-57-60-63-66-69-76(86)92-79-78(88)77(87)75(70-83)91-81(79)90-71-72(73(84)67-64-61-58-55-52-24-21-18-15-12-9-6-3)82-80(89)74(85)68-65-62-59-56-53-50-48-46-44-42-40-36-34-32-30-28-26-23-20-17-14-11-8-5-2/h16,19,25,27,31,33,37-38,64,67,72-75,77-79,81,83-85,87-88H,4-15,17-18,20-24,26,28-30,32,34-36,39-63,65-66,68-71H2,1-3H3,(H,82,89)/b19-16-,27-25-,33-31-,38-37-,67-64+. The third kappa shape index (κ3) is 54.5. The molecule has 1 aliphatic heterocycles. The van der Waals surface area contributed by atoms with Gasteiger partial charge in [-0.25, -0.2) is 0 Å². The van der Waals surface area contributed by atoms with Crippen molar-refractivity contribution < 1.29 is 49.3 Å². The van der Waals surface area contributed by atoms with Gasteiger partial charge in [0.05, 0.1) is 25.4 Å². The van der Waals surface area contributed by atoms with Crippen molar-refractivity contribution in [1.82, 2.24) is 5.32 Å². The average Bonchev–Trinajstić information content (AvgIpc) is 0.875. The highest BCUT2D eigenvalue weighted by molar-refractivity contribution is 5.80. The summed E-state index contributed by atoms with van der Waals surface area (Å²) < 4.78 is 17.7. The lowest BCUT2D eigenvalue weighted by Crippen LogP contribution is -2.61. The molecule has 0 aromatic carbocycles. The van der Waals surface area contributed by atoms with Crippen LogP contribution < -0.4 is 5.32 Å². The molecular weight excluding hydrogens is 1150 g/mol. The molecule has 1 amide bonds. The number of carbonyl (C=O) groups is 2. The molecule has 8 atom stereocenters. The van der Waals surface area contributed by atoms with E-state index < -0.39 is 67.4 Å². The first-order valence-electron chi connectivity index (χ1n) is 39.6. The van der Waals surface area contributed by atoms with Crippen molar-refractivity contribution in [3.63, 3.8) is 0 Å². The summed E-state index contributed by atoms with van der Waals surface area (Å²) in [5, 5.41) is 57.4. The molecule has 0 aromatic rings. The number of carbonyl (C=O) groups excluding carboxylic acids is 2. The maximum Gasteiger partial charge on any atom is 0.306 e. The highest BCUT2D eigenvalue weighted by atomic mass is 16.7. The molecule has 8 unspecified atom stereocenters. The van der Waals surface area contributed by atoms with Crippen molar-refractivity contribution >= 4 is 11.9 Å². The molecule has 1 aliphatic rings. The van der Waals surface area contributed by atoms with Crippen LogP contribution in [0.5, 0.6) is 0 Å². The maximum absolute atomic E-state index is 13.5. The number of hydrogen-bond donors (Lipinski definition) is 6. The topological polar surface area (TPSA) is 175 Å². The SMILES string of the molecule is CCCCC/C=C\C/C=C\C/C=C\C/C=C\CCCCCCCCCCCCCC(=O)OC1C(OCC(NC(=O)C(O)CCCCCCCCCCCCCCCCCCCCCCCCCC)C(O)/C=C/CCCCCCCCCCCC)OC(CO)C(O)C1O. The van der Waals surface area contributed by atoms with E-state index in [1.807, 2.05) is 6.08 Å². The Morgan fingerprint density at radius 2 is 0.750 bits per heavy atom. The second kappa shape index (κ2) is 68.3. The second-order valence-corrected chi connectivity index (χ2v) is 27.5. The van der Waals surface area contributed by atoms with Crippen LogP contribution in [0.25, 0.3) is 0 Å². The fraction of sp³-hybridized carbons (Fsp3) is 0.852. The monoisotopic (exact) mass is 1300 g/mol. The summed E-state index contributed by atoms with van der Waals surface area (Å²) in [7, 11) is 0. The molecule has 0 aliphatic carbocycles. The van der Waals surface area contributed by atoms with Crippen molar-refractivity contribution in [2.75, 3.05) is 13.2 Å². The normalized spacial score (nSPS) is 18.2. The molecule has 1 fully saturated rings. The molecule has 6 N–H and O–H groups in total. The Balaban J connectivity index is 2.50. The average molecular weight is 1300 g/mol. The Morgan fingerprint density at radius 3 is 1.14 bits per heavy atom. The van der Waals surface area contributed by atoms with Crippen molar-refractivity contribution in [3.8, 4) is 0 Å². The van der Waals surface area contributed by atoms with Gasteiger partial charge in [0.1, 0.15) is 24.4 Å². The summed E-state index contributed by atoms with van der Waals surface area (Å²) in [6.07, 6.45) is 78.4. The number of unbranched alkanes of at least 4 members (excludes halogenated alkanes) is 47. The van der Waals surface area contributed by atoms with Crippen LogP contribution in [0.1, 0.15) is 380 Å². The fourth-order valence-electron chi connectivity index (χ4n) is 12.5. The molecule has 0 spiro atoms. The predicted octanol–water partition coefficient (Wildman–Crippen LogP) is 21.2. The summed E-state index contributed by atoms with van der Waals surface area (Å²) in [5.41, 5.74) is 0. The molecule has 0 radical (unpaired) electrons. The summed E-state index contributed by atoms with van der Waals surface area (Å²) in [6, 6.07) is -1.02. The largest absolute Gasteiger partial charge is 0.454 e. The predicted molar refractivity (Wildman–Crippen MR) is 389 cm³/mol. The molecule has 1 saturated heterocycles. The van der Waals surface area contributed by atoms with Crippen molar-refractivity contribution in [3.05, 3.63) is 60.8 Å². The van der Waals surface area contributed by atoms with Crippen LogP contribution in [0.4, 0.5) is 0 Å². The Kier molecular flexibility index (Phi) is 64.9. The number of amides is 1. The van der Waals surface area contributed by atoms with Gasteiger partial charge >= 0.3 is 5.97 Å². The number of aliphatic hydroxyl groups is 5. The van der Waals surface area contributed by atoms with Gasteiger partial charge < -0.3 is 45.1 Å². The Morgan fingerprint density at radius 1 is 0.424 bits per heavy atom. The van der Waals surface area contributed by atoms with Crippen LogP contribution in [0.2, 0.25) is 0 Å². The van der Waals surface area contributed by atoms with Crippen LogP contribution in [-0.4, -0.2) is 99.6 Å². The molecule has 1 rings (SSSR count). The van der Waals surface area contributed by atoms with Crippen LogP contribution in [0.15, 0.2) is 60.8 Å². The first-order chi connectivity index (χ1) is 45.2. The van der Waals surface area contributed by atoms with Gasteiger partial charge in [-0.15, -0.1) is 0 Å². The summed E-state index contributed by atoms with van der Waals surface area (Å²) in [6.45, 7) is 5.82. The highest BCUT2D eigenvalue weighted by Crippen LogP contribution is 2.27. The zero-order chi connectivity index (χ0) is 66.7. The molecule has 11 nitrogen and oxygen atoms in total. The third-order valence-electron chi connectivity index (χ3n) is 18.7. The molecule has 0 bridgehead atoms. The number of esters is 1.